The third-order valence-electron chi connectivity index (χ3n) is 2.78. The van der Waals surface area contributed by atoms with E-state index in [2.05, 4.69) is 10.1 Å². The number of rotatable bonds is 6. The van der Waals surface area contributed by atoms with Crippen LogP contribution >= 0.6 is 0 Å². The summed E-state index contributed by atoms with van der Waals surface area (Å²) in [6.07, 6.45) is -1.71. The minimum atomic E-state index is -1.30. The lowest BCUT2D eigenvalue weighted by Gasteiger charge is -2.22. The maximum atomic E-state index is 11.7. The van der Waals surface area contributed by atoms with Crippen LogP contribution in [-0.2, 0) is 14.3 Å². The number of benzene rings is 1. The van der Waals surface area contributed by atoms with Gasteiger partial charge in [0.05, 0.1) is 20.3 Å². The summed E-state index contributed by atoms with van der Waals surface area (Å²) in [6.45, 7) is 0. The van der Waals surface area contributed by atoms with E-state index in [1.165, 1.54) is 7.11 Å². The number of ether oxygens (including phenoxy) is 2. The summed E-state index contributed by atoms with van der Waals surface area (Å²) in [5.74, 6) is -0.876. The van der Waals surface area contributed by atoms with Gasteiger partial charge in [0.25, 0.3) is 0 Å². The van der Waals surface area contributed by atoms with E-state index in [-0.39, 0.29) is 0 Å². The smallest absolute Gasteiger partial charge is 0.331 e. The van der Waals surface area contributed by atoms with E-state index in [0.29, 0.717) is 11.3 Å². The molecule has 0 spiro atoms. The first-order chi connectivity index (χ1) is 10.0. The van der Waals surface area contributed by atoms with Crippen LogP contribution in [0, 0.1) is 11.3 Å². The van der Waals surface area contributed by atoms with Gasteiger partial charge in [0.2, 0.25) is 5.91 Å². The van der Waals surface area contributed by atoms with Gasteiger partial charge in [-0.15, -0.1) is 0 Å². The summed E-state index contributed by atoms with van der Waals surface area (Å²) in [5, 5.41) is 21.0. The highest BCUT2D eigenvalue weighted by molar-refractivity contribution is 5.86. The summed E-state index contributed by atoms with van der Waals surface area (Å²) < 4.78 is 9.55. The van der Waals surface area contributed by atoms with E-state index < -0.39 is 30.4 Å². The highest BCUT2D eigenvalue weighted by atomic mass is 16.5. The summed E-state index contributed by atoms with van der Waals surface area (Å²) in [4.78, 5) is 23.1. The third-order valence-corrected chi connectivity index (χ3v) is 2.78. The zero-order chi connectivity index (χ0) is 15.8. The molecule has 0 aliphatic carbocycles. The van der Waals surface area contributed by atoms with Crippen molar-refractivity contribution in [3.8, 4) is 11.8 Å². The highest BCUT2D eigenvalue weighted by Gasteiger charge is 2.30. The Labute approximate surface area is 122 Å². The molecule has 21 heavy (non-hydrogen) atoms. The zero-order valence-corrected chi connectivity index (χ0v) is 11.7. The first kappa shape index (κ1) is 16.5. The van der Waals surface area contributed by atoms with Crippen molar-refractivity contribution in [1.29, 1.82) is 5.26 Å². The number of carbonyl (C=O) groups excluding carboxylic acids is 2. The van der Waals surface area contributed by atoms with Crippen molar-refractivity contribution in [2.24, 2.45) is 0 Å². The first-order valence-electron chi connectivity index (χ1n) is 6.09. The molecular formula is C14H16N2O5. The van der Waals surface area contributed by atoms with Crippen molar-refractivity contribution in [2.45, 2.75) is 18.6 Å². The number of carbonyl (C=O) groups is 2. The number of aliphatic hydroxyl groups is 1. The van der Waals surface area contributed by atoms with E-state index in [0.717, 1.165) is 7.11 Å². The Bertz CT molecular complexity index is 535. The van der Waals surface area contributed by atoms with Crippen molar-refractivity contribution >= 4 is 11.9 Å². The SMILES string of the molecule is COC(=O)C(NC(=O)CC#N)C(O)c1ccc(OC)cc1. The number of aliphatic hydroxyl groups excluding tert-OH is 1. The van der Waals surface area contributed by atoms with Gasteiger partial charge >= 0.3 is 5.97 Å². The van der Waals surface area contributed by atoms with Crippen LogP contribution in [0.3, 0.4) is 0 Å². The minimum Gasteiger partial charge on any atom is -0.497 e. The van der Waals surface area contributed by atoms with Crippen LogP contribution in [-0.4, -0.2) is 37.2 Å². The molecule has 2 unspecified atom stereocenters. The lowest BCUT2D eigenvalue weighted by atomic mass is 10.0. The van der Waals surface area contributed by atoms with E-state index in [1.54, 1.807) is 30.3 Å². The maximum Gasteiger partial charge on any atom is 0.331 e. The number of amides is 1. The van der Waals surface area contributed by atoms with Gasteiger partial charge in [-0.3, -0.25) is 4.79 Å². The Hall–Kier alpha value is -2.59. The maximum absolute atomic E-state index is 11.7. The Balaban J connectivity index is 2.93. The molecule has 7 heteroatoms. The van der Waals surface area contributed by atoms with Crippen molar-refractivity contribution in [3.05, 3.63) is 29.8 Å². The summed E-state index contributed by atoms with van der Waals surface area (Å²) in [6, 6.07) is 6.73. The standard InChI is InChI=1S/C14H16N2O5/c1-20-10-5-3-9(4-6-10)13(18)12(14(19)21-2)16-11(17)7-8-15/h3-6,12-13,18H,7H2,1-2H3,(H,16,17). The van der Waals surface area contributed by atoms with Crippen molar-refractivity contribution < 1.29 is 24.2 Å². The number of esters is 1. The Morgan fingerprint density at radius 1 is 1.33 bits per heavy atom. The van der Waals surface area contributed by atoms with Crippen molar-refractivity contribution in [1.82, 2.24) is 5.32 Å². The predicted octanol–water partition coefficient (Wildman–Crippen LogP) is 0.300. The molecule has 1 aromatic rings. The van der Waals surface area contributed by atoms with Gasteiger partial charge in [0.1, 0.15) is 18.3 Å². The minimum absolute atomic E-state index is 0.406. The Kier molecular flexibility index (Phi) is 6.17. The second-order valence-corrected chi connectivity index (χ2v) is 4.12. The number of hydrogen-bond acceptors (Lipinski definition) is 6. The van der Waals surface area contributed by atoms with Crippen LogP contribution in [0.15, 0.2) is 24.3 Å². The normalized spacial score (nSPS) is 12.7. The number of methoxy groups -OCH3 is 2. The molecule has 112 valence electrons. The molecule has 0 aliphatic rings. The van der Waals surface area contributed by atoms with E-state index in [4.69, 9.17) is 10.00 Å². The second kappa shape index (κ2) is 7.87. The number of nitrogens with zero attached hydrogens (tertiary/aromatic N) is 1. The molecule has 1 rings (SSSR count). The molecule has 0 aliphatic heterocycles. The van der Waals surface area contributed by atoms with Crippen molar-refractivity contribution in [2.75, 3.05) is 14.2 Å². The Morgan fingerprint density at radius 2 is 1.95 bits per heavy atom. The molecule has 0 saturated carbocycles. The topological polar surface area (TPSA) is 109 Å². The molecule has 0 fully saturated rings. The van der Waals surface area contributed by atoms with Crippen LogP contribution in [0.2, 0.25) is 0 Å². The molecular weight excluding hydrogens is 276 g/mol. The van der Waals surface area contributed by atoms with Gasteiger partial charge < -0.3 is 19.9 Å². The molecule has 0 aromatic heterocycles. The highest BCUT2D eigenvalue weighted by Crippen LogP contribution is 2.21. The van der Waals surface area contributed by atoms with Crippen molar-refractivity contribution in [3.63, 3.8) is 0 Å². The molecule has 0 saturated heterocycles. The summed E-state index contributed by atoms with van der Waals surface area (Å²) >= 11 is 0. The average Bonchev–Trinajstić information content (AvgIpc) is 2.51. The summed E-state index contributed by atoms with van der Waals surface area (Å²) in [7, 11) is 2.65. The molecule has 0 radical (unpaired) electrons. The molecule has 0 heterocycles. The molecule has 0 bridgehead atoms. The Morgan fingerprint density at radius 3 is 2.43 bits per heavy atom. The third kappa shape index (κ3) is 4.47. The molecule has 2 N–H and O–H groups in total. The quantitative estimate of drug-likeness (QED) is 0.730. The first-order valence-corrected chi connectivity index (χ1v) is 6.09. The molecule has 7 nitrogen and oxygen atoms in total. The van der Waals surface area contributed by atoms with Crippen LogP contribution < -0.4 is 10.1 Å². The number of nitriles is 1. The second-order valence-electron chi connectivity index (χ2n) is 4.12. The lowest BCUT2D eigenvalue weighted by molar-refractivity contribution is -0.148. The van der Waals surface area contributed by atoms with Crippen LogP contribution in [0.4, 0.5) is 0 Å². The molecule has 1 aromatic carbocycles. The van der Waals surface area contributed by atoms with Gasteiger partial charge in [-0.2, -0.15) is 5.26 Å². The largest absolute Gasteiger partial charge is 0.497 e. The number of hydrogen-bond donors (Lipinski definition) is 2. The fourth-order valence-corrected chi connectivity index (χ4v) is 1.68. The van der Waals surface area contributed by atoms with Gasteiger partial charge in [-0.05, 0) is 17.7 Å². The van der Waals surface area contributed by atoms with E-state index in [9.17, 15) is 14.7 Å². The lowest BCUT2D eigenvalue weighted by Crippen LogP contribution is -2.45. The van der Waals surface area contributed by atoms with Crippen LogP contribution in [0.25, 0.3) is 0 Å². The van der Waals surface area contributed by atoms with Gasteiger partial charge in [0.15, 0.2) is 6.04 Å². The zero-order valence-electron chi connectivity index (χ0n) is 11.7. The van der Waals surface area contributed by atoms with Gasteiger partial charge in [0, 0.05) is 0 Å². The average molecular weight is 292 g/mol. The van der Waals surface area contributed by atoms with E-state index >= 15 is 0 Å². The monoisotopic (exact) mass is 292 g/mol. The predicted molar refractivity (Wildman–Crippen MR) is 72.1 cm³/mol. The molecule has 1 amide bonds. The fraction of sp³-hybridized carbons (Fsp3) is 0.357. The number of nitrogens with one attached hydrogen (secondary N) is 1. The van der Waals surface area contributed by atoms with Gasteiger partial charge in [-0.25, -0.2) is 4.79 Å². The summed E-state index contributed by atoms with van der Waals surface area (Å²) in [5.41, 5.74) is 0.406. The fourth-order valence-electron chi connectivity index (χ4n) is 1.68. The van der Waals surface area contributed by atoms with Gasteiger partial charge in [-0.1, -0.05) is 12.1 Å². The molecule has 2 atom stereocenters. The van der Waals surface area contributed by atoms with Crippen LogP contribution in [0.1, 0.15) is 18.1 Å². The van der Waals surface area contributed by atoms with Crippen LogP contribution in [0.5, 0.6) is 5.75 Å². The van der Waals surface area contributed by atoms with E-state index in [1.807, 2.05) is 0 Å².